The Morgan fingerprint density at radius 2 is 1.43 bits per heavy atom. The minimum Gasteiger partial charge on any atom is -0.489 e. The van der Waals surface area contributed by atoms with Gasteiger partial charge in [0.1, 0.15) is 12.4 Å². The van der Waals surface area contributed by atoms with E-state index in [1.807, 2.05) is 68.4 Å². The van der Waals surface area contributed by atoms with Gasteiger partial charge in [0, 0.05) is 0 Å². The molecule has 124 valence electrons. The molecule has 2 aromatic carbocycles. The second kappa shape index (κ2) is 8.88. The molecule has 2 rings (SSSR count). The van der Waals surface area contributed by atoms with Crippen molar-refractivity contribution in [1.82, 2.24) is 0 Å². The molecule has 0 N–H and O–H groups in total. The zero-order chi connectivity index (χ0) is 16.5. The van der Waals surface area contributed by atoms with Crippen molar-refractivity contribution in [1.29, 1.82) is 0 Å². The maximum Gasteiger partial charge on any atom is 0.335 e. The van der Waals surface area contributed by atoms with Crippen molar-refractivity contribution in [3.05, 3.63) is 65.7 Å². The van der Waals surface area contributed by atoms with E-state index in [0.717, 1.165) is 16.9 Å². The summed E-state index contributed by atoms with van der Waals surface area (Å²) < 4.78 is 28.9. The zero-order valence-electron chi connectivity index (χ0n) is 13.6. The van der Waals surface area contributed by atoms with E-state index in [-0.39, 0.29) is 6.16 Å². The van der Waals surface area contributed by atoms with Crippen molar-refractivity contribution in [3.8, 4) is 5.75 Å². The van der Waals surface area contributed by atoms with Crippen LogP contribution in [0.5, 0.6) is 5.75 Å². The van der Waals surface area contributed by atoms with E-state index in [4.69, 9.17) is 13.8 Å². The normalized spacial score (nSPS) is 11.4. The molecule has 0 saturated heterocycles. The summed E-state index contributed by atoms with van der Waals surface area (Å²) in [5, 5.41) is 0. The van der Waals surface area contributed by atoms with Gasteiger partial charge in [-0.1, -0.05) is 42.5 Å². The molecule has 0 aliphatic rings. The maximum absolute atomic E-state index is 12.5. The Kier molecular flexibility index (Phi) is 6.85. The Bertz CT molecular complexity index is 615. The second-order valence-electron chi connectivity index (χ2n) is 5.02. The largest absolute Gasteiger partial charge is 0.489 e. The van der Waals surface area contributed by atoms with E-state index < -0.39 is 7.60 Å². The number of hydrogen-bond acceptors (Lipinski definition) is 4. The van der Waals surface area contributed by atoms with E-state index in [1.165, 1.54) is 0 Å². The highest BCUT2D eigenvalue weighted by Gasteiger charge is 2.23. The highest BCUT2D eigenvalue weighted by atomic mass is 31.2. The van der Waals surface area contributed by atoms with Crippen molar-refractivity contribution in [2.75, 3.05) is 13.2 Å². The number of hydrogen-bond donors (Lipinski definition) is 0. The van der Waals surface area contributed by atoms with Crippen molar-refractivity contribution >= 4 is 7.60 Å². The first-order valence-corrected chi connectivity index (χ1v) is 9.52. The van der Waals surface area contributed by atoms with Gasteiger partial charge in [-0.25, -0.2) is 0 Å². The van der Waals surface area contributed by atoms with Crippen molar-refractivity contribution in [2.45, 2.75) is 26.6 Å². The molecule has 0 amide bonds. The fraction of sp³-hybridized carbons (Fsp3) is 0.333. The summed E-state index contributed by atoms with van der Waals surface area (Å²) in [4.78, 5) is 0. The van der Waals surface area contributed by atoms with E-state index >= 15 is 0 Å². The van der Waals surface area contributed by atoms with Crippen LogP contribution >= 0.6 is 7.60 Å². The lowest BCUT2D eigenvalue weighted by atomic mass is 10.2. The summed E-state index contributed by atoms with van der Waals surface area (Å²) >= 11 is 0. The third kappa shape index (κ3) is 5.83. The molecule has 0 unspecified atom stereocenters. The van der Waals surface area contributed by atoms with Crippen molar-refractivity contribution < 1.29 is 18.3 Å². The highest BCUT2D eigenvalue weighted by molar-refractivity contribution is 7.53. The monoisotopic (exact) mass is 334 g/mol. The first kappa shape index (κ1) is 17.7. The Labute approximate surface area is 137 Å². The first-order chi connectivity index (χ1) is 11.1. The average molecular weight is 334 g/mol. The zero-order valence-corrected chi connectivity index (χ0v) is 14.5. The van der Waals surface area contributed by atoms with Gasteiger partial charge in [-0.3, -0.25) is 4.57 Å². The molecule has 0 aliphatic carbocycles. The van der Waals surface area contributed by atoms with Gasteiger partial charge in [0.2, 0.25) is 0 Å². The van der Waals surface area contributed by atoms with E-state index in [2.05, 4.69) is 0 Å². The van der Waals surface area contributed by atoms with Gasteiger partial charge < -0.3 is 13.8 Å². The molecule has 23 heavy (non-hydrogen) atoms. The van der Waals surface area contributed by atoms with Crippen LogP contribution in [0.4, 0.5) is 0 Å². The molecule has 0 atom stereocenters. The van der Waals surface area contributed by atoms with E-state index in [9.17, 15) is 4.57 Å². The van der Waals surface area contributed by atoms with Gasteiger partial charge in [-0.2, -0.15) is 0 Å². The molecular formula is C18H23O4P. The Morgan fingerprint density at radius 1 is 0.826 bits per heavy atom. The SMILES string of the molecule is CCOP(=O)(Cc1ccc(OCc2ccccc2)cc1)OCC. The van der Waals surface area contributed by atoms with E-state index in [1.54, 1.807) is 0 Å². The molecule has 0 aliphatic heterocycles. The quantitative estimate of drug-likeness (QED) is 0.603. The number of benzene rings is 2. The van der Waals surface area contributed by atoms with Crippen LogP contribution in [0.25, 0.3) is 0 Å². The maximum atomic E-state index is 12.5. The molecule has 0 aromatic heterocycles. The number of ether oxygens (including phenoxy) is 1. The highest BCUT2D eigenvalue weighted by Crippen LogP contribution is 2.51. The van der Waals surface area contributed by atoms with Crippen LogP contribution in [-0.2, 0) is 26.4 Å². The van der Waals surface area contributed by atoms with Crippen molar-refractivity contribution in [2.24, 2.45) is 0 Å². The van der Waals surface area contributed by atoms with Gasteiger partial charge in [-0.15, -0.1) is 0 Å². The average Bonchev–Trinajstić information content (AvgIpc) is 2.55. The van der Waals surface area contributed by atoms with Gasteiger partial charge in [0.15, 0.2) is 0 Å². The van der Waals surface area contributed by atoms with Crippen LogP contribution in [0.2, 0.25) is 0 Å². The van der Waals surface area contributed by atoms with Crippen LogP contribution in [0.3, 0.4) is 0 Å². The summed E-state index contributed by atoms with van der Waals surface area (Å²) in [5.74, 6) is 0.778. The number of rotatable bonds is 9. The third-order valence-corrected chi connectivity index (χ3v) is 5.26. The van der Waals surface area contributed by atoms with Crippen molar-refractivity contribution in [3.63, 3.8) is 0 Å². The molecule has 0 fully saturated rings. The molecule has 0 bridgehead atoms. The lowest BCUT2D eigenvalue weighted by Gasteiger charge is -2.17. The third-order valence-electron chi connectivity index (χ3n) is 3.20. The second-order valence-corrected chi connectivity index (χ2v) is 7.08. The molecule has 0 radical (unpaired) electrons. The van der Waals surface area contributed by atoms with Gasteiger partial charge >= 0.3 is 7.60 Å². The van der Waals surface area contributed by atoms with Crippen LogP contribution in [0, 0.1) is 0 Å². The van der Waals surface area contributed by atoms with Crippen LogP contribution < -0.4 is 4.74 Å². The summed E-state index contributed by atoms with van der Waals surface area (Å²) in [7, 11) is -3.06. The summed E-state index contributed by atoms with van der Waals surface area (Å²) in [6.45, 7) is 4.89. The predicted molar refractivity (Wildman–Crippen MR) is 91.8 cm³/mol. The summed E-state index contributed by atoms with van der Waals surface area (Å²) in [6.07, 6.45) is 0.271. The van der Waals surface area contributed by atoms with Crippen LogP contribution in [0.1, 0.15) is 25.0 Å². The Balaban J connectivity index is 1.94. The van der Waals surface area contributed by atoms with E-state index in [0.29, 0.717) is 19.8 Å². The lowest BCUT2D eigenvalue weighted by Crippen LogP contribution is -1.99. The summed E-state index contributed by atoms with van der Waals surface area (Å²) in [5.41, 5.74) is 2.02. The molecule has 0 saturated carbocycles. The summed E-state index contributed by atoms with van der Waals surface area (Å²) in [6, 6.07) is 17.5. The molecule has 0 heterocycles. The fourth-order valence-corrected chi connectivity index (χ4v) is 3.88. The van der Waals surface area contributed by atoms with Gasteiger partial charge in [0.25, 0.3) is 0 Å². The Morgan fingerprint density at radius 3 is 2.00 bits per heavy atom. The minimum atomic E-state index is -3.06. The van der Waals surface area contributed by atoms with Gasteiger partial charge in [0.05, 0.1) is 19.4 Å². The van der Waals surface area contributed by atoms with Gasteiger partial charge in [-0.05, 0) is 37.1 Å². The van der Waals surface area contributed by atoms with Crippen LogP contribution in [0.15, 0.2) is 54.6 Å². The predicted octanol–water partition coefficient (Wildman–Crippen LogP) is 5.03. The molecule has 0 spiro atoms. The molecular weight excluding hydrogens is 311 g/mol. The van der Waals surface area contributed by atoms with Crippen LogP contribution in [-0.4, -0.2) is 13.2 Å². The molecule has 5 heteroatoms. The molecule has 2 aromatic rings. The topological polar surface area (TPSA) is 44.8 Å². The smallest absolute Gasteiger partial charge is 0.335 e. The fourth-order valence-electron chi connectivity index (χ4n) is 2.18. The lowest BCUT2D eigenvalue weighted by molar-refractivity contribution is 0.219. The standard InChI is InChI=1S/C18H23O4P/c1-3-21-23(19,22-4-2)15-17-10-12-18(13-11-17)20-14-16-8-6-5-7-9-16/h5-13H,3-4,14-15H2,1-2H3. The Hall–Kier alpha value is -1.61. The first-order valence-electron chi connectivity index (χ1n) is 7.79. The molecule has 4 nitrogen and oxygen atoms in total. The minimum absolute atomic E-state index is 0.271.